The Labute approximate surface area is 305 Å². The van der Waals surface area contributed by atoms with Crippen LogP contribution in [-0.2, 0) is 47.7 Å². The highest BCUT2D eigenvalue weighted by Gasteiger charge is 2.42. The number of allylic oxidation sites excluding steroid dienone is 8. The lowest BCUT2D eigenvalue weighted by atomic mass is 9.81. The number of anilines is 1. The van der Waals surface area contributed by atoms with Gasteiger partial charge in [0.1, 0.15) is 0 Å². The van der Waals surface area contributed by atoms with Crippen LogP contribution in [0.1, 0.15) is 70.9 Å². The number of halogens is 1. The van der Waals surface area contributed by atoms with E-state index in [0.29, 0.717) is 29.2 Å². The highest BCUT2D eigenvalue weighted by molar-refractivity contribution is 7.86. The number of hydrogen-bond acceptors (Lipinski definition) is 8. The minimum atomic E-state index is -4.46. The van der Waals surface area contributed by atoms with Gasteiger partial charge in [-0.15, -0.1) is 0 Å². The Bertz CT molecular complexity index is 2240. The molecule has 276 valence electrons. The van der Waals surface area contributed by atoms with Crippen molar-refractivity contribution < 1.29 is 43.5 Å². The highest BCUT2D eigenvalue weighted by atomic mass is 35.5. The number of hydrogen-bond donors (Lipinski definition) is 3. The van der Waals surface area contributed by atoms with E-state index in [1.807, 2.05) is 65.9 Å². The van der Waals surface area contributed by atoms with Gasteiger partial charge < -0.3 is 4.90 Å². The van der Waals surface area contributed by atoms with Crippen LogP contribution >= 0.6 is 11.6 Å². The first kappa shape index (κ1) is 39.0. The van der Waals surface area contributed by atoms with Gasteiger partial charge in [0.05, 0.1) is 40.1 Å². The van der Waals surface area contributed by atoms with Crippen LogP contribution < -0.4 is 9.47 Å². The zero-order valence-corrected chi connectivity index (χ0v) is 32.1. The quantitative estimate of drug-likeness (QED) is 0.171. The second-order valence-corrected chi connectivity index (χ2v) is 19.0. The van der Waals surface area contributed by atoms with Gasteiger partial charge in [-0.2, -0.15) is 25.3 Å². The number of aliphatic imine (C=N–C) groups is 1. The van der Waals surface area contributed by atoms with Crippen LogP contribution in [0.4, 0.5) is 11.5 Å². The molecule has 3 heterocycles. The zero-order chi connectivity index (χ0) is 37.6. The van der Waals surface area contributed by atoms with E-state index < -0.39 is 46.9 Å². The summed E-state index contributed by atoms with van der Waals surface area (Å²) in [5, 5.41) is 0.600. The summed E-state index contributed by atoms with van der Waals surface area (Å²) in [7, 11) is -12.7. The lowest BCUT2D eigenvalue weighted by molar-refractivity contribution is -0.684. The van der Waals surface area contributed by atoms with Crippen LogP contribution in [0.3, 0.4) is 0 Å². The standard InChI is InChI=1S/C35H42ClN3O9S3/c1-34(2)27-11-6-18-38(19-7-21-49(40,41)42)33(27)37-30(34)16-12-24-9-5-10-25(32(24)36)13-17-31-35(3,4)28-23-26(51(46,47)48)14-15-29(28)39(31)20-8-22-50(43,44)45/h6,11-18,23H,5,7-10,19-22H2,1-4H3,(H2-,40,41,42,43,44,45,46,47,48)/p+1. The average Bonchev–Trinajstić information content (AvgIpc) is 3.39. The maximum atomic E-state index is 12.0. The van der Waals surface area contributed by atoms with Crippen molar-refractivity contribution in [1.82, 2.24) is 0 Å². The molecule has 12 nitrogen and oxygen atoms in total. The Hall–Kier alpha value is -3.18. The number of aryl methyl sites for hydroxylation is 1. The second-order valence-electron chi connectivity index (χ2n) is 14.0. The molecule has 0 unspecified atom stereocenters. The van der Waals surface area contributed by atoms with Gasteiger partial charge in [-0.3, -0.25) is 13.7 Å². The predicted octanol–water partition coefficient (Wildman–Crippen LogP) is 5.98. The van der Waals surface area contributed by atoms with Gasteiger partial charge in [0.25, 0.3) is 30.4 Å². The molecule has 3 aliphatic rings. The summed E-state index contributed by atoms with van der Waals surface area (Å²) in [6.45, 7) is 8.58. The monoisotopic (exact) mass is 780 g/mol. The van der Waals surface area contributed by atoms with E-state index in [4.69, 9.17) is 21.1 Å². The van der Waals surface area contributed by atoms with Gasteiger partial charge in [0.15, 0.2) is 5.71 Å². The topological polar surface area (TPSA) is 183 Å². The predicted molar refractivity (Wildman–Crippen MR) is 197 cm³/mol. The summed E-state index contributed by atoms with van der Waals surface area (Å²) >= 11 is 7.02. The summed E-state index contributed by atoms with van der Waals surface area (Å²) in [6, 6.07) is 8.22. The molecule has 51 heavy (non-hydrogen) atoms. The molecule has 16 heteroatoms. The fourth-order valence-corrected chi connectivity index (χ4v) is 8.73. The van der Waals surface area contributed by atoms with E-state index >= 15 is 0 Å². The third-order valence-electron chi connectivity index (χ3n) is 9.67. The first-order valence-corrected chi connectivity index (χ1v) is 21.5. The molecule has 0 bridgehead atoms. The molecule has 5 rings (SSSR count). The molecule has 2 aromatic rings. The van der Waals surface area contributed by atoms with Crippen molar-refractivity contribution in [2.75, 3.05) is 23.0 Å². The molecular weight excluding hydrogens is 738 g/mol. The number of pyridine rings is 1. The van der Waals surface area contributed by atoms with Crippen LogP contribution in [-0.4, -0.2) is 62.7 Å². The van der Waals surface area contributed by atoms with Crippen LogP contribution in [0.25, 0.3) is 0 Å². The van der Waals surface area contributed by atoms with Crippen LogP contribution in [0, 0.1) is 0 Å². The van der Waals surface area contributed by atoms with Crippen molar-refractivity contribution in [2.24, 2.45) is 4.99 Å². The Balaban J connectivity index is 1.45. The molecule has 0 saturated carbocycles. The maximum Gasteiger partial charge on any atom is 0.327 e. The van der Waals surface area contributed by atoms with Gasteiger partial charge in [-0.05, 0) is 104 Å². The maximum absolute atomic E-state index is 12.0. The summed E-state index contributed by atoms with van der Waals surface area (Å²) in [5.74, 6) is -0.0467. The third kappa shape index (κ3) is 8.73. The number of fused-ring (bicyclic) bond motifs is 2. The fraction of sp³-hybridized carbons (Fsp3) is 0.429. The van der Waals surface area contributed by atoms with E-state index in [0.717, 1.165) is 46.8 Å². The minimum absolute atomic E-state index is 0.118. The molecule has 0 fully saturated rings. The summed E-state index contributed by atoms with van der Waals surface area (Å²) in [6.07, 6.45) is 12.3. The molecule has 1 aliphatic carbocycles. The molecule has 3 N–H and O–H groups in total. The molecular formula is C35H43ClN3O9S3+. The van der Waals surface area contributed by atoms with Crippen molar-refractivity contribution in [3.8, 4) is 0 Å². The summed E-state index contributed by atoms with van der Waals surface area (Å²) in [4.78, 5) is 6.58. The SMILES string of the molecule is CC1(C)C(=CC=C2CCCC(C=CC3=Nc4c(ccc[n+]4CCCS(=O)(=O)O)C3(C)C)=C2Cl)N(CCCS(=O)(=O)O)c2ccc(S(=O)(=O)O)cc21. The van der Waals surface area contributed by atoms with Gasteiger partial charge in [0.2, 0.25) is 0 Å². The average molecular weight is 781 g/mol. The van der Waals surface area contributed by atoms with E-state index in [2.05, 4.69) is 13.8 Å². The molecule has 0 spiro atoms. The first-order chi connectivity index (χ1) is 23.6. The van der Waals surface area contributed by atoms with Gasteiger partial charge >= 0.3 is 5.82 Å². The highest BCUT2D eigenvalue weighted by Crippen LogP contribution is 2.49. The van der Waals surface area contributed by atoms with E-state index in [9.17, 15) is 34.4 Å². The van der Waals surface area contributed by atoms with Crippen LogP contribution in [0.5, 0.6) is 0 Å². The van der Waals surface area contributed by atoms with Gasteiger partial charge in [-0.25, -0.2) is 4.57 Å². The molecule has 0 saturated heterocycles. The second kappa shape index (κ2) is 14.3. The molecule has 0 atom stereocenters. The molecule has 0 radical (unpaired) electrons. The Morgan fingerprint density at radius 3 is 2.24 bits per heavy atom. The van der Waals surface area contributed by atoms with Crippen molar-refractivity contribution in [3.05, 3.63) is 93.8 Å². The summed E-state index contributed by atoms with van der Waals surface area (Å²) < 4.78 is 99.5. The number of aromatic nitrogens is 1. The largest absolute Gasteiger partial charge is 0.344 e. The Morgan fingerprint density at radius 2 is 1.57 bits per heavy atom. The van der Waals surface area contributed by atoms with Gasteiger partial charge in [0, 0.05) is 34.8 Å². The van der Waals surface area contributed by atoms with Gasteiger partial charge in [-0.1, -0.05) is 37.6 Å². The fourth-order valence-electron chi connectivity index (χ4n) is 6.92. The van der Waals surface area contributed by atoms with Crippen molar-refractivity contribution in [2.45, 2.75) is 82.1 Å². The smallest absolute Gasteiger partial charge is 0.327 e. The van der Waals surface area contributed by atoms with E-state index in [1.54, 1.807) is 6.07 Å². The Morgan fingerprint density at radius 1 is 0.882 bits per heavy atom. The molecule has 1 aromatic carbocycles. The zero-order valence-electron chi connectivity index (χ0n) is 28.9. The van der Waals surface area contributed by atoms with Crippen molar-refractivity contribution in [1.29, 1.82) is 0 Å². The number of rotatable bonds is 12. The molecule has 2 aliphatic heterocycles. The summed E-state index contributed by atoms with van der Waals surface area (Å²) in [5.41, 5.74) is 4.56. The molecule has 0 amide bonds. The first-order valence-electron chi connectivity index (χ1n) is 16.5. The minimum Gasteiger partial charge on any atom is -0.344 e. The van der Waals surface area contributed by atoms with Crippen LogP contribution in [0.2, 0.25) is 0 Å². The lowest BCUT2D eigenvalue weighted by Gasteiger charge is -2.27. The van der Waals surface area contributed by atoms with Crippen LogP contribution in [0.15, 0.2) is 92.6 Å². The Kier molecular flexibility index (Phi) is 11.0. The van der Waals surface area contributed by atoms with E-state index in [-0.39, 0.29) is 30.0 Å². The lowest BCUT2D eigenvalue weighted by Crippen LogP contribution is -2.35. The number of benzene rings is 1. The third-order valence-corrected chi connectivity index (χ3v) is 12.6. The number of nitrogens with zero attached hydrogens (tertiary/aromatic N) is 3. The normalized spacial score (nSPS) is 20.4. The van der Waals surface area contributed by atoms with Crippen molar-refractivity contribution >= 4 is 59.2 Å². The van der Waals surface area contributed by atoms with Crippen molar-refractivity contribution in [3.63, 3.8) is 0 Å². The van der Waals surface area contributed by atoms with E-state index in [1.165, 1.54) is 12.1 Å². The molecule has 1 aromatic heterocycles.